The predicted octanol–water partition coefficient (Wildman–Crippen LogP) is 2.70. The van der Waals surface area contributed by atoms with Crippen LogP contribution in [0.15, 0.2) is 24.5 Å². The lowest BCUT2D eigenvalue weighted by molar-refractivity contribution is -0.384. The zero-order chi connectivity index (χ0) is 15.6. The fraction of sp³-hybridized carbons (Fsp3) is 0.231. The maximum absolute atomic E-state index is 11.9. The zero-order valence-electron chi connectivity index (χ0n) is 11.5. The second kappa shape index (κ2) is 5.92. The van der Waals surface area contributed by atoms with E-state index in [2.05, 4.69) is 10.4 Å². The fourth-order valence-electron chi connectivity index (χ4n) is 1.83. The van der Waals surface area contributed by atoms with Crippen LogP contribution in [0.25, 0.3) is 0 Å². The molecule has 0 saturated carbocycles. The van der Waals surface area contributed by atoms with E-state index < -0.39 is 4.92 Å². The van der Waals surface area contributed by atoms with E-state index in [4.69, 9.17) is 11.6 Å². The number of anilines is 1. The number of carbonyl (C=O) groups is 1. The lowest BCUT2D eigenvalue weighted by Crippen LogP contribution is -2.19. The molecule has 0 radical (unpaired) electrons. The molecule has 0 bridgehead atoms. The van der Waals surface area contributed by atoms with E-state index in [-0.39, 0.29) is 23.2 Å². The lowest BCUT2D eigenvalue weighted by Gasteiger charge is -2.09. The van der Waals surface area contributed by atoms with Gasteiger partial charge in [-0.2, -0.15) is 5.10 Å². The van der Waals surface area contributed by atoms with Crippen molar-refractivity contribution in [2.24, 2.45) is 0 Å². The molecule has 1 heterocycles. The summed E-state index contributed by atoms with van der Waals surface area (Å²) in [5, 5.41) is 17.5. The average Bonchev–Trinajstić information content (AvgIpc) is 2.77. The average molecular weight is 309 g/mol. The van der Waals surface area contributed by atoms with Gasteiger partial charge in [0.15, 0.2) is 0 Å². The van der Waals surface area contributed by atoms with Crippen LogP contribution in [0.1, 0.15) is 11.1 Å². The molecular weight excluding hydrogens is 296 g/mol. The van der Waals surface area contributed by atoms with E-state index in [1.165, 1.54) is 16.8 Å². The van der Waals surface area contributed by atoms with E-state index >= 15 is 0 Å². The molecule has 8 heteroatoms. The predicted molar refractivity (Wildman–Crippen MR) is 78.4 cm³/mol. The number of benzene rings is 1. The molecule has 1 amide bonds. The molecule has 110 valence electrons. The number of nitro benzene ring substituents is 1. The first kappa shape index (κ1) is 15.0. The Morgan fingerprint density at radius 1 is 1.48 bits per heavy atom. The highest BCUT2D eigenvalue weighted by molar-refractivity contribution is 6.32. The molecule has 1 N–H and O–H groups in total. The largest absolute Gasteiger partial charge is 0.324 e. The molecule has 0 aliphatic carbocycles. The van der Waals surface area contributed by atoms with Crippen molar-refractivity contribution in [2.45, 2.75) is 20.4 Å². The second-order valence-electron chi connectivity index (χ2n) is 4.64. The van der Waals surface area contributed by atoms with Crippen LogP contribution in [0.4, 0.5) is 11.4 Å². The standard InChI is InChI=1S/C13H13ClN4O3/c1-8-5-15-17(6-8)7-13(19)16-11-4-12(18(20)21)10(14)3-9(11)2/h3-6H,7H2,1-2H3,(H,16,19). The quantitative estimate of drug-likeness (QED) is 0.694. The van der Waals surface area contributed by atoms with Crippen molar-refractivity contribution < 1.29 is 9.72 Å². The van der Waals surface area contributed by atoms with Gasteiger partial charge in [0, 0.05) is 12.3 Å². The molecule has 7 nitrogen and oxygen atoms in total. The van der Waals surface area contributed by atoms with Crippen LogP contribution in [0.5, 0.6) is 0 Å². The number of hydrogen-bond acceptors (Lipinski definition) is 4. The zero-order valence-corrected chi connectivity index (χ0v) is 12.2. The number of nitro groups is 1. The summed E-state index contributed by atoms with van der Waals surface area (Å²) in [6, 6.07) is 2.71. The van der Waals surface area contributed by atoms with Gasteiger partial charge in [-0.05, 0) is 31.0 Å². The molecule has 0 spiro atoms. The number of amides is 1. The molecular formula is C13H13ClN4O3. The Balaban J connectivity index is 2.17. The molecule has 2 aromatic rings. The van der Waals surface area contributed by atoms with Gasteiger partial charge in [-0.3, -0.25) is 19.6 Å². The Kier molecular flexibility index (Phi) is 4.23. The van der Waals surface area contributed by atoms with Crippen LogP contribution in [0, 0.1) is 24.0 Å². The maximum Gasteiger partial charge on any atom is 0.289 e. The van der Waals surface area contributed by atoms with Gasteiger partial charge < -0.3 is 5.32 Å². The molecule has 0 atom stereocenters. The van der Waals surface area contributed by atoms with Gasteiger partial charge in [0.2, 0.25) is 5.91 Å². The van der Waals surface area contributed by atoms with Crippen LogP contribution in [-0.2, 0) is 11.3 Å². The summed E-state index contributed by atoms with van der Waals surface area (Å²) < 4.78 is 1.49. The van der Waals surface area contributed by atoms with E-state index in [9.17, 15) is 14.9 Å². The molecule has 1 aromatic carbocycles. The summed E-state index contributed by atoms with van der Waals surface area (Å²) in [6.45, 7) is 3.61. The first-order valence-corrected chi connectivity index (χ1v) is 6.48. The second-order valence-corrected chi connectivity index (χ2v) is 5.05. The van der Waals surface area contributed by atoms with Crippen molar-refractivity contribution in [3.05, 3.63) is 50.8 Å². The normalized spacial score (nSPS) is 10.4. The molecule has 0 saturated heterocycles. The van der Waals surface area contributed by atoms with Crippen LogP contribution < -0.4 is 5.32 Å². The van der Waals surface area contributed by atoms with Crippen molar-refractivity contribution in [1.29, 1.82) is 0 Å². The van der Waals surface area contributed by atoms with Crippen LogP contribution in [0.2, 0.25) is 5.02 Å². The Bertz CT molecular complexity index is 711. The highest BCUT2D eigenvalue weighted by Gasteiger charge is 2.16. The first-order valence-electron chi connectivity index (χ1n) is 6.10. The minimum Gasteiger partial charge on any atom is -0.324 e. The van der Waals surface area contributed by atoms with E-state index in [0.29, 0.717) is 11.3 Å². The highest BCUT2D eigenvalue weighted by atomic mass is 35.5. The van der Waals surface area contributed by atoms with Crippen molar-refractivity contribution in [3.8, 4) is 0 Å². The summed E-state index contributed by atoms with van der Waals surface area (Å²) in [5.41, 5.74) is 1.71. The molecule has 0 fully saturated rings. The van der Waals surface area contributed by atoms with E-state index in [0.717, 1.165) is 5.56 Å². The number of carbonyl (C=O) groups excluding carboxylic acids is 1. The molecule has 1 aromatic heterocycles. The number of rotatable bonds is 4. The van der Waals surface area contributed by atoms with Crippen molar-refractivity contribution in [3.63, 3.8) is 0 Å². The fourth-order valence-corrected chi connectivity index (χ4v) is 2.11. The highest BCUT2D eigenvalue weighted by Crippen LogP contribution is 2.30. The number of nitrogens with zero attached hydrogens (tertiary/aromatic N) is 3. The van der Waals surface area contributed by atoms with Crippen LogP contribution in [0.3, 0.4) is 0 Å². The van der Waals surface area contributed by atoms with Crippen molar-refractivity contribution in [2.75, 3.05) is 5.32 Å². The molecule has 0 aliphatic rings. The van der Waals surface area contributed by atoms with Gasteiger partial charge in [0.1, 0.15) is 11.6 Å². The summed E-state index contributed by atoms with van der Waals surface area (Å²) in [5.74, 6) is -0.321. The van der Waals surface area contributed by atoms with Gasteiger partial charge in [-0.15, -0.1) is 0 Å². The summed E-state index contributed by atoms with van der Waals surface area (Å²) >= 11 is 5.80. The monoisotopic (exact) mass is 308 g/mol. The Hall–Kier alpha value is -2.41. The van der Waals surface area contributed by atoms with Gasteiger partial charge in [0.05, 0.1) is 16.8 Å². The topological polar surface area (TPSA) is 90.1 Å². The molecule has 21 heavy (non-hydrogen) atoms. The smallest absolute Gasteiger partial charge is 0.289 e. The van der Waals surface area contributed by atoms with E-state index in [1.807, 2.05) is 6.92 Å². The first-order chi connectivity index (χ1) is 9.86. The summed E-state index contributed by atoms with van der Waals surface area (Å²) in [4.78, 5) is 22.2. The van der Waals surface area contributed by atoms with E-state index in [1.54, 1.807) is 19.3 Å². The minimum absolute atomic E-state index is 0.0315. The maximum atomic E-state index is 11.9. The minimum atomic E-state index is -0.589. The van der Waals surface area contributed by atoms with Crippen molar-refractivity contribution >= 4 is 28.9 Å². The number of nitrogens with one attached hydrogen (secondary N) is 1. The number of aromatic nitrogens is 2. The summed E-state index contributed by atoms with van der Waals surface area (Å²) in [6.07, 6.45) is 3.38. The third kappa shape index (κ3) is 3.57. The van der Waals surface area contributed by atoms with Crippen LogP contribution >= 0.6 is 11.6 Å². The third-order valence-electron chi connectivity index (χ3n) is 2.83. The number of hydrogen-bond donors (Lipinski definition) is 1. The molecule has 0 aliphatic heterocycles. The van der Waals surface area contributed by atoms with Gasteiger partial charge in [-0.1, -0.05) is 11.6 Å². The lowest BCUT2D eigenvalue weighted by atomic mass is 10.2. The van der Waals surface area contributed by atoms with Crippen molar-refractivity contribution in [1.82, 2.24) is 9.78 Å². The molecule has 0 unspecified atom stereocenters. The number of halogens is 1. The third-order valence-corrected chi connectivity index (χ3v) is 3.14. The number of aryl methyl sites for hydroxylation is 2. The Labute approximate surface area is 125 Å². The van der Waals surface area contributed by atoms with Gasteiger partial charge in [0.25, 0.3) is 5.69 Å². The Morgan fingerprint density at radius 2 is 2.19 bits per heavy atom. The van der Waals surface area contributed by atoms with Gasteiger partial charge >= 0.3 is 0 Å². The van der Waals surface area contributed by atoms with Crippen LogP contribution in [-0.4, -0.2) is 20.6 Å². The Morgan fingerprint density at radius 3 is 2.76 bits per heavy atom. The SMILES string of the molecule is Cc1cnn(CC(=O)Nc2cc([N+](=O)[O-])c(Cl)cc2C)c1. The molecule has 2 rings (SSSR count). The van der Waals surface area contributed by atoms with Gasteiger partial charge in [-0.25, -0.2) is 0 Å². The summed E-state index contributed by atoms with van der Waals surface area (Å²) in [7, 11) is 0.